The maximum absolute atomic E-state index is 13.3. The number of allylic oxidation sites excluding steroid dienone is 1. The molecular formula is C30H37N3O9S. The molecule has 0 radical (unpaired) electrons. The van der Waals surface area contributed by atoms with Gasteiger partial charge in [-0.25, -0.2) is 8.42 Å². The second-order valence-electron chi connectivity index (χ2n) is 9.83. The Morgan fingerprint density at radius 2 is 1.84 bits per heavy atom. The van der Waals surface area contributed by atoms with Gasteiger partial charge in [0.2, 0.25) is 22.2 Å². The summed E-state index contributed by atoms with van der Waals surface area (Å²) in [7, 11) is -0.919. The van der Waals surface area contributed by atoms with Crippen LogP contribution in [0, 0.1) is 0 Å². The molecule has 12 nitrogen and oxygen atoms in total. The van der Waals surface area contributed by atoms with Crippen LogP contribution in [0.5, 0.6) is 5.75 Å². The average Bonchev–Trinajstić information content (AvgIpc) is 3.41. The SMILES string of the molecule is COCCNC(=O)C1=C[C@H](c2cn(C(C)=O)c3ccccc23)C[C@H](OCCN(CCO)S(=O)(=O)c2ccc(OC)cc2)O1. The number of sulfonamides is 1. The molecule has 0 spiro atoms. The molecule has 2 atom stereocenters. The third-order valence-corrected chi connectivity index (χ3v) is 8.96. The van der Waals surface area contributed by atoms with Crippen molar-refractivity contribution in [3.63, 3.8) is 0 Å². The predicted molar refractivity (Wildman–Crippen MR) is 158 cm³/mol. The van der Waals surface area contributed by atoms with Crippen LogP contribution in [-0.2, 0) is 29.0 Å². The molecule has 0 saturated carbocycles. The fourth-order valence-corrected chi connectivity index (χ4v) is 6.31. The largest absolute Gasteiger partial charge is 0.497 e. The van der Waals surface area contributed by atoms with Gasteiger partial charge in [-0.15, -0.1) is 0 Å². The number of carbonyl (C=O) groups is 2. The van der Waals surface area contributed by atoms with Crippen LogP contribution in [0.1, 0.15) is 29.6 Å². The lowest BCUT2D eigenvalue weighted by Gasteiger charge is -2.30. The molecule has 13 heteroatoms. The van der Waals surface area contributed by atoms with Crippen LogP contribution in [0.15, 0.2) is 71.5 Å². The van der Waals surface area contributed by atoms with E-state index >= 15 is 0 Å². The number of nitrogens with zero attached hydrogens (tertiary/aromatic N) is 2. The summed E-state index contributed by atoms with van der Waals surface area (Å²) in [4.78, 5) is 25.4. The number of para-hydroxylation sites is 1. The zero-order valence-electron chi connectivity index (χ0n) is 24.4. The van der Waals surface area contributed by atoms with E-state index in [1.807, 2.05) is 24.3 Å². The minimum Gasteiger partial charge on any atom is -0.497 e. The van der Waals surface area contributed by atoms with E-state index in [0.717, 1.165) is 20.8 Å². The molecule has 1 aliphatic heterocycles. The smallest absolute Gasteiger partial charge is 0.286 e. The van der Waals surface area contributed by atoms with E-state index in [1.54, 1.807) is 29.0 Å². The van der Waals surface area contributed by atoms with E-state index < -0.39 is 22.2 Å². The molecule has 43 heavy (non-hydrogen) atoms. The van der Waals surface area contributed by atoms with Gasteiger partial charge >= 0.3 is 0 Å². The first-order chi connectivity index (χ1) is 20.7. The van der Waals surface area contributed by atoms with Crippen LogP contribution in [0.3, 0.4) is 0 Å². The standard InChI is InChI=1S/C30H37N3O9S/c1-21(35)33-20-26(25-6-4-5-7-27(25)33)22-18-28(30(36)31-12-16-39-2)42-29(19-22)41-17-14-32(13-15-34)43(37,38)24-10-8-23(40-3)9-11-24/h4-11,18,20,22,29,34H,12-17,19H2,1-3H3,(H,31,36)/t22-,29+/m0/s1. The number of fused-ring (bicyclic) bond motifs is 1. The highest BCUT2D eigenvalue weighted by molar-refractivity contribution is 7.89. The predicted octanol–water partition coefficient (Wildman–Crippen LogP) is 2.49. The Morgan fingerprint density at radius 3 is 2.51 bits per heavy atom. The van der Waals surface area contributed by atoms with Crippen molar-refractivity contribution in [3.8, 4) is 5.75 Å². The molecule has 4 rings (SSSR count). The molecule has 232 valence electrons. The second kappa shape index (κ2) is 14.6. The number of benzene rings is 2. The van der Waals surface area contributed by atoms with Crippen LogP contribution in [0.25, 0.3) is 10.9 Å². The van der Waals surface area contributed by atoms with E-state index in [1.165, 1.54) is 33.3 Å². The number of rotatable bonds is 14. The van der Waals surface area contributed by atoms with Crippen molar-refractivity contribution in [2.24, 2.45) is 0 Å². The van der Waals surface area contributed by atoms with Crippen LogP contribution in [0.2, 0.25) is 0 Å². The van der Waals surface area contributed by atoms with Crippen molar-refractivity contribution in [3.05, 3.63) is 72.1 Å². The van der Waals surface area contributed by atoms with Crippen LogP contribution in [-0.4, -0.2) is 94.2 Å². The van der Waals surface area contributed by atoms with Gasteiger partial charge in [-0.05, 0) is 42.0 Å². The van der Waals surface area contributed by atoms with Gasteiger partial charge < -0.3 is 29.4 Å². The van der Waals surface area contributed by atoms with Gasteiger partial charge in [0.05, 0.1) is 37.3 Å². The zero-order valence-corrected chi connectivity index (χ0v) is 25.2. The molecule has 2 aromatic carbocycles. The van der Waals surface area contributed by atoms with Crippen LogP contribution < -0.4 is 10.1 Å². The molecule has 2 N–H and O–H groups in total. The summed E-state index contributed by atoms with van der Waals surface area (Å²) in [6.45, 7) is 1.42. The highest BCUT2D eigenvalue weighted by Crippen LogP contribution is 2.36. The van der Waals surface area contributed by atoms with Crippen molar-refractivity contribution >= 4 is 32.7 Å². The van der Waals surface area contributed by atoms with Crippen molar-refractivity contribution in [2.45, 2.75) is 30.4 Å². The minimum absolute atomic E-state index is 0.0510. The van der Waals surface area contributed by atoms with Crippen LogP contribution in [0.4, 0.5) is 0 Å². The molecule has 3 aromatic rings. The Labute approximate surface area is 250 Å². The Hall–Kier alpha value is -3.75. The Kier molecular flexibility index (Phi) is 10.9. The molecule has 1 aliphatic rings. The monoisotopic (exact) mass is 615 g/mol. The van der Waals surface area contributed by atoms with Gasteiger partial charge in [-0.1, -0.05) is 18.2 Å². The number of aliphatic hydroxyl groups excluding tert-OH is 1. The topological polar surface area (TPSA) is 146 Å². The van der Waals surface area contributed by atoms with Gasteiger partial charge in [0.1, 0.15) is 5.75 Å². The number of ether oxygens (including phenoxy) is 4. The number of amides is 1. The quantitative estimate of drug-likeness (QED) is 0.261. The zero-order chi connectivity index (χ0) is 31.0. The van der Waals surface area contributed by atoms with Gasteiger partial charge in [-0.2, -0.15) is 4.31 Å². The Balaban J connectivity index is 1.54. The number of hydrogen-bond acceptors (Lipinski definition) is 9. The number of nitrogens with one attached hydrogen (secondary N) is 1. The molecule has 1 aromatic heterocycles. The minimum atomic E-state index is -3.94. The van der Waals surface area contributed by atoms with E-state index in [4.69, 9.17) is 18.9 Å². The summed E-state index contributed by atoms with van der Waals surface area (Å²) in [6, 6.07) is 13.5. The van der Waals surface area contributed by atoms with Gasteiger partial charge in [0.25, 0.3) is 5.91 Å². The molecule has 0 aliphatic carbocycles. The first-order valence-corrected chi connectivity index (χ1v) is 15.3. The van der Waals surface area contributed by atoms with Crippen molar-refractivity contribution in [2.75, 3.05) is 53.7 Å². The van der Waals surface area contributed by atoms with Gasteiger partial charge in [-0.3, -0.25) is 14.2 Å². The first kappa shape index (κ1) is 32.2. The first-order valence-electron chi connectivity index (χ1n) is 13.8. The van der Waals surface area contributed by atoms with Crippen molar-refractivity contribution in [1.82, 2.24) is 14.2 Å². The molecule has 0 unspecified atom stereocenters. The third-order valence-electron chi connectivity index (χ3n) is 7.05. The number of hydrogen-bond donors (Lipinski definition) is 2. The average molecular weight is 616 g/mol. The summed E-state index contributed by atoms with van der Waals surface area (Å²) in [5, 5.41) is 13.2. The fraction of sp³-hybridized carbons (Fsp3) is 0.400. The third kappa shape index (κ3) is 7.61. The number of methoxy groups -OCH3 is 2. The maximum Gasteiger partial charge on any atom is 0.286 e. The van der Waals surface area contributed by atoms with Gasteiger partial charge in [0.15, 0.2) is 5.76 Å². The highest BCUT2D eigenvalue weighted by atomic mass is 32.2. The number of carbonyl (C=O) groups excluding carboxylic acids is 2. The summed E-state index contributed by atoms with van der Waals surface area (Å²) in [5.41, 5.74) is 1.57. The molecule has 0 saturated heterocycles. The van der Waals surface area contributed by atoms with Crippen molar-refractivity contribution in [1.29, 1.82) is 0 Å². The molecule has 0 bridgehead atoms. The second-order valence-corrected chi connectivity index (χ2v) is 11.8. The Bertz CT molecular complexity index is 1550. The van der Waals surface area contributed by atoms with E-state index in [9.17, 15) is 23.1 Å². The highest BCUT2D eigenvalue weighted by Gasteiger charge is 2.31. The lowest BCUT2D eigenvalue weighted by atomic mass is 9.92. The van der Waals surface area contributed by atoms with Gasteiger partial charge in [0, 0.05) is 57.6 Å². The molecular weight excluding hydrogens is 578 g/mol. The summed E-state index contributed by atoms with van der Waals surface area (Å²) >= 11 is 0. The van der Waals surface area contributed by atoms with E-state index in [2.05, 4.69) is 5.32 Å². The number of aromatic nitrogens is 1. The summed E-state index contributed by atoms with van der Waals surface area (Å²) < 4.78 is 51.3. The van der Waals surface area contributed by atoms with E-state index in [0.29, 0.717) is 18.8 Å². The lowest BCUT2D eigenvalue weighted by Crippen LogP contribution is -2.38. The lowest BCUT2D eigenvalue weighted by molar-refractivity contribution is -0.146. The summed E-state index contributed by atoms with van der Waals surface area (Å²) in [6.07, 6.45) is 2.89. The normalized spacial score (nSPS) is 17.0. The summed E-state index contributed by atoms with van der Waals surface area (Å²) in [5.74, 6) is -0.374. The van der Waals surface area contributed by atoms with Crippen LogP contribution >= 0.6 is 0 Å². The van der Waals surface area contributed by atoms with E-state index in [-0.39, 0.29) is 55.3 Å². The molecule has 2 heterocycles. The fourth-order valence-electron chi connectivity index (χ4n) is 4.90. The van der Waals surface area contributed by atoms with Crippen molar-refractivity contribution < 1.29 is 42.1 Å². The maximum atomic E-state index is 13.3. The Morgan fingerprint density at radius 1 is 1.09 bits per heavy atom. The molecule has 0 fully saturated rings. The number of aliphatic hydroxyl groups is 1. The molecule has 1 amide bonds.